The molecule has 94 valence electrons. The highest BCUT2D eigenvalue weighted by molar-refractivity contribution is 6.09. The summed E-state index contributed by atoms with van der Waals surface area (Å²) in [6, 6.07) is 11.6. The molecule has 0 spiro atoms. The van der Waals surface area contributed by atoms with Gasteiger partial charge in [0.05, 0.1) is 18.2 Å². The molecule has 0 fully saturated rings. The Labute approximate surface area is 109 Å². The van der Waals surface area contributed by atoms with Crippen molar-refractivity contribution in [3.05, 3.63) is 70.5 Å². The maximum absolute atomic E-state index is 12.8. The van der Waals surface area contributed by atoms with Crippen molar-refractivity contribution < 1.29 is 14.3 Å². The normalized spacial score (nSPS) is 9.95. The van der Waals surface area contributed by atoms with Gasteiger partial charge in [-0.2, -0.15) is 5.26 Å². The molecule has 3 nitrogen and oxygen atoms in total. The molecule has 0 atom stereocenters. The Morgan fingerprint density at radius 3 is 2.47 bits per heavy atom. The number of ketones is 1. The van der Waals surface area contributed by atoms with Gasteiger partial charge >= 0.3 is 0 Å². The third-order valence-electron chi connectivity index (χ3n) is 2.76. The van der Waals surface area contributed by atoms with E-state index in [9.17, 15) is 14.3 Å². The maximum Gasteiger partial charge on any atom is 0.193 e. The van der Waals surface area contributed by atoms with Gasteiger partial charge in [0, 0.05) is 11.1 Å². The Bertz CT molecular complexity index is 657. The van der Waals surface area contributed by atoms with Crippen molar-refractivity contribution in [2.75, 3.05) is 0 Å². The van der Waals surface area contributed by atoms with Crippen molar-refractivity contribution in [1.29, 1.82) is 5.26 Å². The minimum atomic E-state index is -0.418. The van der Waals surface area contributed by atoms with Crippen LogP contribution in [0.1, 0.15) is 27.0 Å². The van der Waals surface area contributed by atoms with Crippen molar-refractivity contribution in [2.24, 2.45) is 0 Å². The van der Waals surface area contributed by atoms with Crippen LogP contribution in [0.5, 0.6) is 0 Å². The molecule has 0 heterocycles. The van der Waals surface area contributed by atoms with Gasteiger partial charge in [-0.25, -0.2) is 4.39 Å². The summed E-state index contributed by atoms with van der Waals surface area (Å²) in [6.07, 6.45) is 0. The van der Waals surface area contributed by atoms with E-state index in [1.807, 2.05) is 6.07 Å². The molecular weight excluding hydrogens is 245 g/mol. The maximum atomic E-state index is 12.8. The van der Waals surface area contributed by atoms with Crippen LogP contribution in [0, 0.1) is 17.1 Å². The fourth-order valence-electron chi connectivity index (χ4n) is 1.77. The molecule has 2 aromatic carbocycles. The van der Waals surface area contributed by atoms with Crippen LogP contribution in [0.4, 0.5) is 4.39 Å². The summed E-state index contributed by atoms with van der Waals surface area (Å²) in [6.45, 7) is -0.336. The van der Waals surface area contributed by atoms with Crippen LogP contribution in [0.15, 0.2) is 42.5 Å². The van der Waals surface area contributed by atoms with E-state index >= 15 is 0 Å². The SMILES string of the molecule is N#Cc1ccc(C(=O)c2ccc(F)cc2)c(CO)c1. The van der Waals surface area contributed by atoms with Crippen molar-refractivity contribution in [3.8, 4) is 6.07 Å². The molecule has 0 radical (unpaired) electrons. The molecule has 2 aromatic rings. The van der Waals surface area contributed by atoms with E-state index in [0.29, 0.717) is 22.3 Å². The smallest absolute Gasteiger partial charge is 0.193 e. The van der Waals surface area contributed by atoms with Gasteiger partial charge in [-0.05, 0) is 48.0 Å². The van der Waals surface area contributed by atoms with Crippen LogP contribution >= 0.6 is 0 Å². The molecule has 0 aliphatic rings. The van der Waals surface area contributed by atoms with Gasteiger partial charge in [0.15, 0.2) is 5.78 Å². The zero-order chi connectivity index (χ0) is 13.8. The molecular formula is C15H10FNO2. The molecule has 0 aromatic heterocycles. The number of aliphatic hydroxyl groups is 1. The third-order valence-corrected chi connectivity index (χ3v) is 2.76. The van der Waals surface area contributed by atoms with Gasteiger partial charge in [-0.3, -0.25) is 4.79 Å². The summed E-state index contributed by atoms with van der Waals surface area (Å²) in [7, 11) is 0. The Hall–Kier alpha value is -2.51. The molecule has 0 aliphatic carbocycles. The Morgan fingerprint density at radius 2 is 1.89 bits per heavy atom. The highest BCUT2D eigenvalue weighted by Crippen LogP contribution is 2.17. The average Bonchev–Trinajstić information content (AvgIpc) is 2.46. The number of carbonyl (C=O) groups excluding carboxylic acids is 1. The van der Waals surface area contributed by atoms with Crippen LogP contribution in [-0.4, -0.2) is 10.9 Å². The fraction of sp³-hybridized carbons (Fsp3) is 0.0667. The lowest BCUT2D eigenvalue weighted by atomic mass is 9.97. The average molecular weight is 255 g/mol. The molecule has 0 aliphatic heterocycles. The Morgan fingerprint density at radius 1 is 1.21 bits per heavy atom. The highest BCUT2D eigenvalue weighted by Gasteiger charge is 2.13. The fourth-order valence-corrected chi connectivity index (χ4v) is 1.77. The highest BCUT2D eigenvalue weighted by atomic mass is 19.1. The lowest BCUT2D eigenvalue weighted by molar-refractivity contribution is 0.103. The number of aliphatic hydroxyl groups excluding tert-OH is 1. The monoisotopic (exact) mass is 255 g/mol. The van der Waals surface area contributed by atoms with E-state index < -0.39 is 5.82 Å². The number of hydrogen-bond donors (Lipinski definition) is 1. The largest absolute Gasteiger partial charge is 0.392 e. The number of carbonyl (C=O) groups is 1. The summed E-state index contributed by atoms with van der Waals surface area (Å²) >= 11 is 0. The Balaban J connectivity index is 2.44. The zero-order valence-electron chi connectivity index (χ0n) is 9.93. The summed E-state index contributed by atoms with van der Waals surface area (Å²) in [5.41, 5.74) is 1.40. The van der Waals surface area contributed by atoms with E-state index in [4.69, 9.17) is 5.26 Å². The molecule has 0 saturated heterocycles. The second-order valence-corrected chi connectivity index (χ2v) is 3.98. The molecule has 0 unspecified atom stereocenters. The van der Waals surface area contributed by atoms with E-state index in [1.54, 1.807) is 0 Å². The Kier molecular flexibility index (Phi) is 3.69. The predicted molar refractivity (Wildman–Crippen MR) is 66.9 cm³/mol. The summed E-state index contributed by atoms with van der Waals surface area (Å²) in [4.78, 5) is 12.2. The predicted octanol–water partition coefficient (Wildman–Crippen LogP) is 2.42. The quantitative estimate of drug-likeness (QED) is 0.857. The van der Waals surface area contributed by atoms with Crippen molar-refractivity contribution in [3.63, 3.8) is 0 Å². The van der Waals surface area contributed by atoms with Crippen molar-refractivity contribution in [2.45, 2.75) is 6.61 Å². The zero-order valence-corrected chi connectivity index (χ0v) is 9.93. The first-order valence-electron chi connectivity index (χ1n) is 5.60. The molecule has 0 saturated carbocycles. The van der Waals surface area contributed by atoms with Gasteiger partial charge in [-0.15, -0.1) is 0 Å². The van der Waals surface area contributed by atoms with Crippen molar-refractivity contribution >= 4 is 5.78 Å². The van der Waals surface area contributed by atoms with E-state index in [0.717, 1.165) is 0 Å². The third kappa shape index (κ3) is 2.67. The minimum absolute atomic E-state index is 0.312. The van der Waals surface area contributed by atoms with Gasteiger partial charge < -0.3 is 5.11 Å². The molecule has 2 rings (SSSR count). The number of nitrogens with zero attached hydrogens (tertiary/aromatic N) is 1. The molecule has 1 N–H and O–H groups in total. The van der Waals surface area contributed by atoms with Gasteiger partial charge in [-0.1, -0.05) is 0 Å². The second-order valence-electron chi connectivity index (χ2n) is 3.98. The summed E-state index contributed by atoms with van der Waals surface area (Å²) < 4.78 is 12.8. The van der Waals surface area contributed by atoms with Crippen LogP contribution in [0.2, 0.25) is 0 Å². The number of halogens is 1. The van der Waals surface area contributed by atoms with Gasteiger partial charge in [0.1, 0.15) is 5.82 Å². The first kappa shape index (κ1) is 12.9. The number of hydrogen-bond acceptors (Lipinski definition) is 3. The van der Waals surface area contributed by atoms with E-state index in [2.05, 4.69) is 0 Å². The first-order chi connectivity index (χ1) is 9.15. The number of rotatable bonds is 3. The van der Waals surface area contributed by atoms with E-state index in [-0.39, 0.29) is 12.4 Å². The standard InChI is InChI=1S/C15H10FNO2/c16-13-4-2-11(3-5-13)15(19)14-6-1-10(8-17)7-12(14)9-18/h1-7,18H,9H2. The lowest BCUT2D eigenvalue weighted by Crippen LogP contribution is -2.06. The van der Waals surface area contributed by atoms with Crippen LogP contribution in [-0.2, 0) is 6.61 Å². The summed E-state index contributed by atoms with van der Waals surface area (Å²) in [5.74, 6) is -0.729. The van der Waals surface area contributed by atoms with Crippen LogP contribution < -0.4 is 0 Å². The lowest BCUT2D eigenvalue weighted by Gasteiger charge is -2.07. The minimum Gasteiger partial charge on any atom is -0.392 e. The second kappa shape index (κ2) is 5.42. The topological polar surface area (TPSA) is 61.1 Å². The van der Waals surface area contributed by atoms with E-state index in [1.165, 1.54) is 42.5 Å². The molecule has 4 heteroatoms. The van der Waals surface area contributed by atoms with Gasteiger partial charge in [0.2, 0.25) is 0 Å². The summed E-state index contributed by atoms with van der Waals surface area (Å²) in [5, 5.41) is 18.0. The number of nitriles is 1. The first-order valence-corrected chi connectivity index (χ1v) is 5.60. The van der Waals surface area contributed by atoms with Crippen LogP contribution in [0.3, 0.4) is 0 Å². The van der Waals surface area contributed by atoms with Gasteiger partial charge in [0.25, 0.3) is 0 Å². The number of benzene rings is 2. The van der Waals surface area contributed by atoms with Crippen molar-refractivity contribution in [1.82, 2.24) is 0 Å². The molecule has 19 heavy (non-hydrogen) atoms. The molecule has 0 bridgehead atoms. The molecule has 0 amide bonds. The van der Waals surface area contributed by atoms with Crippen LogP contribution in [0.25, 0.3) is 0 Å².